The maximum absolute atomic E-state index is 13.5. The zero-order chi connectivity index (χ0) is 11.5. The zero-order valence-corrected chi connectivity index (χ0v) is 9.58. The van der Waals surface area contributed by atoms with Crippen molar-refractivity contribution in [3.8, 4) is 0 Å². The van der Waals surface area contributed by atoms with Crippen LogP contribution in [-0.4, -0.2) is 23.9 Å². The molecule has 84 valence electrons. The van der Waals surface area contributed by atoms with Gasteiger partial charge in [-0.1, -0.05) is 12.2 Å². The van der Waals surface area contributed by atoms with Crippen LogP contribution in [0.1, 0.15) is 16.8 Å². The van der Waals surface area contributed by atoms with Gasteiger partial charge in [-0.25, -0.2) is 4.39 Å². The smallest absolute Gasteiger partial charge is 0.257 e. The van der Waals surface area contributed by atoms with Gasteiger partial charge in [0.25, 0.3) is 5.91 Å². The van der Waals surface area contributed by atoms with E-state index >= 15 is 0 Å². The summed E-state index contributed by atoms with van der Waals surface area (Å²) in [6.07, 6.45) is 4.77. The number of rotatable bonds is 1. The molecule has 1 aromatic carbocycles. The Morgan fingerprint density at radius 2 is 2.19 bits per heavy atom. The number of nitrogens with zero attached hydrogens (tertiary/aromatic N) is 1. The van der Waals surface area contributed by atoms with Gasteiger partial charge in [0.05, 0.1) is 5.56 Å². The highest BCUT2D eigenvalue weighted by Crippen LogP contribution is 2.16. The monoisotopic (exact) mass is 237 g/mol. The van der Waals surface area contributed by atoms with Crippen molar-refractivity contribution in [2.75, 3.05) is 13.1 Å². The molecule has 1 aliphatic rings. The average molecular weight is 237 g/mol. The number of carbonyl (C=O) groups excluding carboxylic acids is 1. The van der Waals surface area contributed by atoms with Crippen LogP contribution < -0.4 is 0 Å². The highest BCUT2D eigenvalue weighted by atomic mass is 32.1. The molecular weight excluding hydrogens is 225 g/mol. The van der Waals surface area contributed by atoms with Gasteiger partial charge >= 0.3 is 0 Å². The lowest BCUT2D eigenvalue weighted by Crippen LogP contribution is -2.34. The molecule has 2 nitrogen and oxygen atoms in total. The van der Waals surface area contributed by atoms with E-state index in [-0.39, 0.29) is 11.5 Å². The van der Waals surface area contributed by atoms with Crippen LogP contribution >= 0.6 is 12.6 Å². The van der Waals surface area contributed by atoms with Crippen LogP contribution in [0.3, 0.4) is 0 Å². The van der Waals surface area contributed by atoms with E-state index in [2.05, 4.69) is 12.6 Å². The van der Waals surface area contributed by atoms with Crippen LogP contribution in [0.4, 0.5) is 4.39 Å². The molecule has 0 aromatic heterocycles. The predicted octanol–water partition coefficient (Wildman–Crippen LogP) is 2.52. The minimum Gasteiger partial charge on any atom is -0.335 e. The van der Waals surface area contributed by atoms with E-state index in [1.807, 2.05) is 12.2 Å². The number of halogens is 1. The van der Waals surface area contributed by atoms with Crippen molar-refractivity contribution in [3.63, 3.8) is 0 Å². The van der Waals surface area contributed by atoms with E-state index < -0.39 is 5.82 Å². The molecule has 1 amide bonds. The highest BCUT2D eigenvalue weighted by Gasteiger charge is 2.19. The fraction of sp³-hybridized carbons (Fsp3) is 0.250. The van der Waals surface area contributed by atoms with E-state index in [4.69, 9.17) is 0 Å². The van der Waals surface area contributed by atoms with Gasteiger partial charge in [0.1, 0.15) is 5.82 Å². The topological polar surface area (TPSA) is 20.3 Å². The first-order valence-electron chi connectivity index (χ1n) is 5.11. The Balaban J connectivity index is 2.26. The Morgan fingerprint density at radius 3 is 2.88 bits per heavy atom. The largest absolute Gasteiger partial charge is 0.335 e. The normalized spacial score (nSPS) is 15.2. The predicted molar refractivity (Wildman–Crippen MR) is 63.3 cm³/mol. The first kappa shape index (κ1) is 11.2. The molecule has 0 spiro atoms. The summed E-state index contributed by atoms with van der Waals surface area (Å²) < 4.78 is 13.5. The molecule has 0 aliphatic carbocycles. The van der Waals surface area contributed by atoms with Crippen LogP contribution in [-0.2, 0) is 0 Å². The van der Waals surface area contributed by atoms with Crippen LogP contribution in [0, 0.1) is 5.82 Å². The molecule has 0 saturated carbocycles. The molecule has 1 heterocycles. The molecule has 0 bridgehead atoms. The molecule has 1 aromatic rings. The molecule has 16 heavy (non-hydrogen) atoms. The number of hydrogen-bond donors (Lipinski definition) is 1. The molecule has 0 N–H and O–H groups in total. The molecular formula is C12H12FNOS. The quantitative estimate of drug-likeness (QED) is 0.588. The van der Waals surface area contributed by atoms with Crippen molar-refractivity contribution < 1.29 is 9.18 Å². The second-order valence-electron chi connectivity index (χ2n) is 3.68. The van der Waals surface area contributed by atoms with Crippen molar-refractivity contribution in [2.45, 2.75) is 11.3 Å². The van der Waals surface area contributed by atoms with Gasteiger partial charge in [-0.15, -0.1) is 12.6 Å². The summed E-state index contributed by atoms with van der Waals surface area (Å²) in [7, 11) is 0. The number of thiol groups is 1. The molecule has 0 fully saturated rings. The van der Waals surface area contributed by atoms with Gasteiger partial charge < -0.3 is 4.90 Å². The van der Waals surface area contributed by atoms with Gasteiger partial charge in [0.15, 0.2) is 0 Å². The third-order valence-electron chi connectivity index (χ3n) is 2.53. The Kier molecular flexibility index (Phi) is 3.29. The Bertz CT molecular complexity index is 445. The first-order chi connectivity index (χ1) is 7.68. The van der Waals surface area contributed by atoms with Crippen molar-refractivity contribution in [3.05, 3.63) is 41.7 Å². The fourth-order valence-electron chi connectivity index (χ4n) is 1.67. The van der Waals surface area contributed by atoms with Crippen LogP contribution in [0.5, 0.6) is 0 Å². The minimum absolute atomic E-state index is 0.0998. The van der Waals surface area contributed by atoms with Gasteiger partial charge in [-0.05, 0) is 24.6 Å². The van der Waals surface area contributed by atoms with Crippen molar-refractivity contribution in [1.82, 2.24) is 4.90 Å². The molecule has 0 radical (unpaired) electrons. The Labute approximate surface area is 99.2 Å². The van der Waals surface area contributed by atoms with Gasteiger partial charge in [-0.2, -0.15) is 0 Å². The van der Waals surface area contributed by atoms with Crippen LogP contribution in [0.2, 0.25) is 0 Å². The molecule has 2 rings (SSSR count). The number of carbonyl (C=O) groups is 1. The summed E-state index contributed by atoms with van der Waals surface area (Å²) in [6, 6.07) is 4.28. The summed E-state index contributed by atoms with van der Waals surface area (Å²) in [5.41, 5.74) is 0.0998. The van der Waals surface area contributed by atoms with Gasteiger partial charge in [-0.3, -0.25) is 4.79 Å². The lowest BCUT2D eigenvalue weighted by atomic mass is 10.1. The molecule has 0 unspecified atom stereocenters. The molecule has 4 heteroatoms. The highest BCUT2D eigenvalue weighted by molar-refractivity contribution is 7.80. The Morgan fingerprint density at radius 1 is 1.38 bits per heavy atom. The number of amides is 1. The third kappa shape index (κ3) is 2.27. The molecule has 0 saturated heterocycles. The van der Waals surface area contributed by atoms with Gasteiger partial charge in [0.2, 0.25) is 0 Å². The lowest BCUT2D eigenvalue weighted by Gasteiger charge is -2.23. The third-order valence-corrected chi connectivity index (χ3v) is 2.80. The standard InChI is InChI=1S/C12H12FNOS/c13-11-5-4-9(16)8-10(11)12(15)14-6-2-1-3-7-14/h1-2,4-5,8,16H,3,6-7H2. The summed E-state index contributed by atoms with van der Waals surface area (Å²) in [5, 5.41) is 0. The minimum atomic E-state index is -0.489. The first-order valence-corrected chi connectivity index (χ1v) is 5.56. The van der Waals surface area contributed by atoms with E-state index in [1.54, 1.807) is 4.90 Å². The molecule has 0 atom stereocenters. The van der Waals surface area contributed by atoms with Crippen LogP contribution in [0.15, 0.2) is 35.2 Å². The van der Waals surface area contributed by atoms with Crippen molar-refractivity contribution in [1.29, 1.82) is 0 Å². The summed E-state index contributed by atoms with van der Waals surface area (Å²) in [6.45, 7) is 1.20. The number of hydrogen-bond acceptors (Lipinski definition) is 2. The fourth-order valence-corrected chi connectivity index (χ4v) is 1.88. The maximum Gasteiger partial charge on any atom is 0.257 e. The SMILES string of the molecule is O=C(c1cc(S)ccc1F)N1CC=CCC1. The molecule has 1 aliphatic heterocycles. The van der Waals surface area contributed by atoms with Crippen molar-refractivity contribution >= 4 is 18.5 Å². The second kappa shape index (κ2) is 4.70. The summed E-state index contributed by atoms with van der Waals surface area (Å²) in [5.74, 6) is -0.755. The average Bonchev–Trinajstić information content (AvgIpc) is 2.32. The number of benzene rings is 1. The van der Waals surface area contributed by atoms with Gasteiger partial charge in [0, 0.05) is 18.0 Å². The summed E-state index contributed by atoms with van der Waals surface area (Å²) >= 11 is 4.11. The van der Waals surface area contributed by atoms with E-state index in [0.717, 1.165) is 6.42 Å². The lowest BCUT2D eigenvalue weighted by molar-refractivity contribution is 0.0766. The maximum atomic E-state index is 13.5. The summed E-state index contributed by atoms with van der Waals surface area (Å²) in [4.78, 5) is 14.2. The Hall–Kier alpha value is -1.29. The zero-order valence-electron chi connectivity index (χ0n) is 8.69. The van der Waals surface area contributed by atoms with Crippen LogP contribution in [0.25, 0.3) is 0 Å². The second-order valence-corrected chi connectivity index (χ2v) is 4.19. The van der Waals surface area contributed by atoms with E-state index in [1.165, 1.54) is 18.2 Å². The van der Waals surface area contributed by atoms with Crippen molar-refractivity contribution in [2.24, 2.45) is 0 Å². The van der Waals surface area contributed by atoms with E-state index in [0.29, 0.717) is 18.0 Å². The van der Waals surface area contributed by atoms with E-state index in [9.17, 15) is 9.18 Å².